The Morgan fingerprint density at radius 2 is 2.19 bits per heavy atom. The molecule has 0 spiro atoms. The van der Waals surface area contributed by atoms with Gasteiger partial charge in [0.1, 0.15) is 5.82 Å². The molecule has 2 rings (SSSR count). The van der Waals surface area contributed by atoms with Gasteiger partial charge in [-0.2, -0.15) is 0 Å². The van der Waals surface area contributed by atoms with E-state index >= 15 is 0 Å². The van der Waals surface area contributed by atoms with E-state index in [4.69, 9.17) is 5.73 Å². The second-order valence-corrected chi connectivity index (χ2v) is 5.03. The molecule has 88 valence electrons. The molecule has 1 aromatic rings. The number of hydrogen-bond donors (Lipinski definition) is 1. The summed E-state index contributed by atoms with van der Waals surface area (Å²) in [7, 11) is 0. The largest absolute Gasteiger partial charge is 0.325 e. The topological polar surface area (TPSA) is 51.8 Å². The Morgan fingerprint density at radius 1 is 1.38 bits per heavy atom. The average molecular weight is 219 g/mol. The van der Waals surface area contributed by atoms with E-state index in [-0.39, 0.29) is 0 Å². The SMILES string of the molecule is Cc1cc(CN)nc(C2CCCC(C)C2)n1. The molecule has 0 aromatic carbocycles. The van der Waals surface area contributed by atoms with Crippen molar-refractivity contribution in [3.05, 3.63) is 23.3 Å². The predicted octanol–water partition coefficient (Wildman–Crippen LogP) is 2.54. The normalized spacial score (nSPS) is 25.7. The van der Waals surface area contributed by atoms with Gasteiger partial charge < -0.3 is 5.73 Å². The van der Waals surface area contributed by atoms with Crippen LogP contribution >= 0.6 is 0 Å². The predicted molar refractivity (Wildman–Crippen MR) is 65.0 cm³/mol. The van der Waals surface area contributed by atoms with Crippen LogP contribution in [0, 0.1) is 12.8 Å². The molecule has 1 aromatic heterocycles. The van der Waals surface area contributed by atoms with Crippen molar-refractivity contribution in [2.24, 2.45) is 11.7 Å². The summed E-state index contributed by atoms with van der Waals surface area (Å²) in [5.41, 5.74) is 7.67. The molecule has 3 nitrogen and oxygen atoms in total. The van der Waals surface area contributed by atoms with Crippen LogP contribution in [-0.2, 0) is 6.54 Å². The third-order valence-corrected chi connectivity index (χ3v) is 3.44. The monoisotopic (exact) mass is 219 g/mol. The molecule has 0 radical (unpaired) electrons. The van der Waals surface area contributed by atoms with E-state index in [0.717, 1.165) is 23.1 Å². The van der Waals surface area contributed by atoms with E-state index in [0.29, 0.717) is 12.5 Å². The van der Waals surface area contributed by atoms with Crippen LogP contribution in [0.5, 0.6) is 0 Å². The number of rotatable bonds is 2. The van der Waals surface area contributed by atoms with Crippen molar-refractivity contribution in [1.29, 1.82) is 0 Å². The molecule has 0 bridgehead atoms. The van der Waals surface area contributed by atoms with Crippen LogP contribution in [0.4, 0.5) is 0 Å². The van der Waals surface area contributed by atoms with Crippen molar-refractivity contribution in [2.45, 2.75) is 52.0 Å². The Balaban J connectivity index is 2.21. The van der Waals surface area contributed by atoms with Gasteiger partial charge in [0.2, 0.25) is 0 Å². The van der Waals surface area contributed by atoms with Crippen LogP contribution in [0.25, 0.3) is 0 Å². The van der Waals surface area contributed by atoms with E-state index in [2.05, 4.69) is 16.9 Å². The first-order valence-corrected chi connectivity index (χ1v) is 6.23. The molecule has 0 amide bonds. The Morgan fingerprint density at radius 3 is 2.88 bits per heavy atom. The fourth-order valence-electron chi connectivity index (χ4n) is 2.61. The lowest BCUT2D eigenvalue weighted by atomic mass is 9.82. The molecule has 2 unspecified atom stereocenters. The zero-order valence-electron chi connectivity index (χ0n) is 10.2. The first-order chi connectivity index (χ1) is 7.69. The second-order valence-electron chi connectivity index (χ2n) is 5.03. The van der Waals surface area contributed by atoms with E-state index in [1.807, 2.05) is 13.0 Å². The molecular weight excluding hydrogens is 198 g/mol. The Labute approximate surface area is 97.5 Å². The van der Waals surface area contributed by atoms with E-state index < -0.39 is 0 Å². The van der Waals surface area contributed by atoms with Gasteiger partial charge in [-0.3, -0.25) is 0 Å². The lowest BCUT2D eigenvalue weighted by Gasteiger charge is -2.25. The summed E-state index contributed by atoms with van der Waals surface area (Å²) in [5, 5.41) is 0. The summed E-state index contributed by atoms with van der Waals surface area (Å²) in [6.07, 6.45) is 5.12. The molecular formula is C13H21N3. The van der Waals surface area contributed by atoms with E-state index in [1.54, 1.807) is 0 Å². The smallest absolute Gasteiger partial charge is 0.131 e. The molecule has 1 aliphatic rings. The fraction of sp³-hybridized carbons (Fsp3) is 0.692. The number of nitrogens with zero attached hydrogens (tertiary/aromatic N) is 2. The lowest BCUT2D eigenvalue weighted by Crippen LogP contribution is -2.16. The molecule has 2 N–H and O–H groups in total. The van der Waals surface area contributed by atoms with Gasteiger partial charge in [0.05, 0.1) is 5.69 Å². The highest BCUT2D eigenvalue weighted by Gasteiger charge is 2.22. The zero-order chi connectivity index (χ0) is 11.5. The quantitative estimate of drug-likeness (QED) is 0.831. The zero-order valence-corrected chi connectivity index (χ0v) is 10.2. The van der Waals surface area contributed by atoms with Crippen LogP contribution in [0.15, 0.2) is 6.07 Å². The third kappa shape index (κ3) is 2.59. The highest BCUT2D eigenvalue weighted by atomic mass is 14.9. The molecule has 16 heavy (non-hydrogen) atoms. The fourth-order valence-corrected chi connectivity index (χ4v) is 2.61. The molecule has 1 aliphatic carbocycles. The average Bonchev–Trinajstić information content (AvgIpc) is 2.28. The first-order valence-electron chi connectivity index (χ1n) is 6.23. The van der Waals surface area contributed by atoms with Crippen molar-refractivity contribution >= 4 is 0 Å². The summed E-state index contributed by atoms with van der Waals surface area (Å²) >= 11 is 0. The third-order valence-electron chi connectivity index (χ3n) is 3.44. The summed E-state index contributed by atoms with van der Waals surface area (Å²) in [4.78, 5) is 9.15. The molecule has 1 fully saturated rings. The van der Waals surface area contributed by atoms with E-state index in [1.165, 1.54) is 25.7 Å². The molecule has 3 heteroatoms. The molecule has 2 atom stereocenters. The minimum absolute atomic E-state index is 0.513. The van der Waals surface area contributed by atoms with Crippen molar-refractivity contribution in [3.63, 3.8) is 0 Å². The van der Waals surface area contributed by atoms with Crippen molar-refractivity contribution in [3.8, 4) is 0 Å². The van der Waals surface area contributed by atoms with Crippen LogP contribution in [0.2, 0.25) is 0 Å². The van der Waals surface area contributed by atoms with Crippen molar-refractivity contribution in [1.82, 2.24) is 9.97 Å². The Kier molecular flexibility index (Phi) is 3.54. The minimum atomic E-state index is 0.513. The van der Waals surface area contributed by atoms with Gasteiger partial charge in [-0.15, -0.1) is 0 Å². The van der Waals surface area contributed by atoms with Gasteiger partial charge in [-0.25, -0.2) is 9.97 Å². The summed E-state index contributed by atoms with van der Waals surface area (Å²) in [6.45, 7) is 4.86. The summed E-state index contributed by atoms with van der Waals surface area (Å²) in [6, 6.07) is 1.98. The maximum atomic E-state index is 5.65. The van der Waals surface area contributed by atoms with Crippen LogP contribution in [0.3, 0.4) is 0 Å². The van der Waals surface area contributed by atoms with Crippen molar-refractivity contribution in [2.75, 3.05) is 0 Å². The van der Waals surface area contributed by atoms with Gasteiger partial charge in [-0.05, 0) is 31.7 Å². The van der Waals surface area contributed by atoms with Crippen LogP contribution in [0.1, 0.15) is 55.7 Å². The van der Waals surface area contributed by atoms with Crippen LogP contribution in [-0.4, -0.2) is 9.97 Å². The molecule has 0 aliphatic heterocycles. The highest BCUT2D eigenvalue weighted by Crippen LogP contribution is 2.34. The molecule has 1 heterocycles. The second kappa shape index (κ2) is 4.91. The Bertz CT molecular complexity index is 362. The lowest BCUT2D eigenvalue weighted by molar-refractivity contribution is 0.334. The first kappa shape index (κ1) is 11.5. The number of aromatic nitrogens is 2. The van der Waals surface area contributed by atoms with Gasteiger partial charge in [0.25, 0.3) is 0 Å². The van der Waals surface area contributed by atoms with Gasteiger partial charge in [-0.1, -0.05) is 19.8 Å². The van der Waals surface area contributed by atoms with E-state index in [9.17, 15) is 0 Å². The Hall–Kier alpha value is -0.960. The number of nitrogens with two attached hydrogens (primary N) is 1. The maximum absolute atomic E-state index is 5.65. The highest BCUT2D eigenvalue weighted by molar-refractivity contribution is 5.12. The molecule has 1 saturated carbocycles. The van der Waals surface area contributed by atoms with Gasteiger partial charge >= 0.3 is 0 Å². The van der Waals surface area contributed by atoms with Crippen LogP contribution < -0.4 is 5.73 Å². The number of hydrogen-bond acceptors (Lipinski definition) is 3. The van der Waals surface area contributed by atoms with Gasteiger partial charge in [0, 0.05) is 18.2 Å². The van der Waals surface area contributed by atoms with Gasteiger partial charge in [0.15, 0.2) is 0 Å². The summed E-state index contributed by atoms with van der Waals surface area (Å²) in [5.74, 6) is 2.38. The maximum Gasteiger partial charge on any atom is 0.131 e. The minimum Gasteiger partial charge on any atom is -0.325 e. The van der Waals surface area contributed by atoms with Crippen molar-refractivity contribution < 1.29 is 0 Å². The number of aryl methyl sites for hydroxylation is 1. The molecule has 0 saturated heterocycles. The standard InChI is InChI=1S/C13H21N3/c1-9-4-3-5-11(6-9)13-15-10(2)7-12(8-14)16-13/h7,9,11H,3-6,8,14H2,1-2H3. The summed E-state index contributed by atoms with van der Waals surface area (Å²) < 4.78 is 0.